The third kappa shape index (κ3) is 1.78. The van der Waals surface area contributed by atoms with Crippen LogP contribution in [0.25, 0.3) is 11.3 Å². The molecule has 0 spiro atoms. The summed E-state index contributed by atoms with van der Waals surface area (Å²) in [5.74, 6) is 1.58. The molecule has 0 fully saturated rings. The van der Waals surface area contributed by atoms with Gasteiger partial charge in [-0.25, -0.2) is 0 Å². The van der Waals surface area contributed by atoms with E-state index in [-0.39, 0.29) is 5.75 Å². The van der Waals surface area contributed by atoms with Gasteiger partial charge in [-0.15, -0.1) is 0 Å². The molecular weight excluding hydrogens is 218 g/mol. The topological polar surface area (TPSA) is 51.6 Å². The van der Waals surface area contributed by atoms with Crippen LogP contribution < -0.4 is 9.47 Å². The first-order valence-corrected chi connectivity index (χ1v) is 5.38. The van der Waals surface area contributed by atoms with Crippen molar-refractivity contribution in [2.75, 3.05) is 13.2 Å². The van der Waals surface area contributed by atoms with Gasteiger partial charge in [0.2, 0.25) is 0 Å². The molecule has 0 atom stereocenters. The highest BCUT2D eigenvalue weighted by atomic mass is 16.6. The predicted octanol–water partition coefficient (Wildman–Crippen LogP) is 2.23. The second-order valence-electron chi connectivity index (χ2n) is 3.73. The number of nitrogens with zero attached hydrogens (tertiary/aromatic N) is 1. The van der Waals surface area contributed by atoms with Crippen molar-refractivity contribution in [1.29, 1.82) is 0 Å². The molecule has 0 unspecified atom stereocenters. The molecule has 0 amide bonds. The molecule has 17 heavy (non-hydrogen) atoms. The molecule has 0 saturated carbocycles. The minimum absolute atomic E-state index is 0.157. The Bertz CT molecular complexity index is 554. The standard InChI is InChI=1S/C13H11NO3/c15-10-2-1-5-14-13(10)9-3-4-11-12(8-9)17-7-6-16-11/h1-5,8,15H,6-7H2. The summed E-state index contributed by atoms with van der Waals surface area (Å²) in [5, 5.41) is 9.73. The van der Waals surface area contributed by atoms with Crippen molar-refractivity contribution in [3.63, 3.8) is 0 Å². The number of benzene rings is 1. The van der Waals surface area contributed by atoms with Crippen molar-refractivity contribution >= 4 is 0 Å². The lowest BCUT2D eigenvalue weighted by atomic mass is 10.1. The van der Waals surface area contributed by atoms with Gasteiger partial charge in [0.15, 0.2) is 11.5 Å². The Morgan fingerprint density at radius 3 is 2.71 bits per heavy atom. The maximum atomic E-state index is 9.73. The molecule has 0 aliphatic carbocycles. The van der Waals surface area contributed by atoms with E-state index in [1.807, 2.05) is 18.2 Å². The van der Waals surface area contributed by atoms with Crippen molar-refractivity contribution in [1.82, 2.24) is 4.98 Å². The average molecular weight is 229 g/mol. The van der Waals surface area contributed by atoms with Gasteiger partial charge in [-0.05, 0) is 30.3 Å². The smallest absolute Gasteiger partial charge is 0.162 e. The lowest BCUT2D eigenvalue weighted by Crippen LogP contribution is -2.15. The van der Waals surface area contributed by atoms with Crippen LogP contribution >= 0.6 is 0 Å². The Hall–Kier alpha value is -2.23. The van der Waals surface area contributed by atoms with Gasteiger partial charge in [-0.2, -0.15) is 0 Å². The van der Waals surface area contributed by atoms with Crippen LogP contribution in [0.15, 0.2) is 36.5 Å². The van der Waals surface area contributed by atoms with Crippen molar-refractivity contribution < 1.29 is 14.6 Å². The van der Waals surface area contributed by atoms with Crippen LogP contribution in [0, 0.1) is 0 Å². The van der Waals surface area contributed by atoms with E-state index in [2.05, 4.69) is 4.98 Å². The number of fused-ring (bicyclic) bond motifs is 1. The number of pyridine rings is 1. The van der Waals surface area contributed by atoms with Crippen LogP contribution in [-0.4, -0.2) is 23.3 Å². The van der Waals surface area contributed by atoms with Gasteiger partial charge in [-0.1, -0.05) is 0 Å². The molecule has 86 valence electrons. The molecule has 1 aliphatic heterocycles. The monoisotopic (exact) mass is 229 g/mol. The summed E-state index contributed by atoms with van der Waals surface area (Å²) < 4.78 is 10.9. The molecule has 4 heteroatoms. The fourth-order valence-electron chi connectivity index (χ4n) is 1.81. The summed E-state index contributed by atoms with van der Waals surface area (Å²) in [6, 6.07) is 8.82. The van der Waals surface area contributed by atoms with Crippen LogP contribution in [0.3, 0.4) is 0 Å². The first kappa shape index (κ1) is 9.96. The summed E-state index contributed by atoms with van der Waals surface area (Å²) in [4.78, 5) is 4.15. The molecular formula is C13H11NO3. The number of ether oxygens (including phenoxy) is 2. The largest absolute Gasteiger partial charge is 0.506 e. The lowest BCUT2D eigenvalue weighted by molar-refractivity contribution is 0.171. The number of hydrogen-bond acceptors (Lipinski definition) is 4. The van der Waals surface area contributed by atoms with Crippen molar-refractivity contribution in [2.24, 2.45) is 0 Å². The fourth-order valence-corrected chi connectivity index (χ4v) is 1.81. The van der Waals surface area contributed by atoms with E-state index in [0.29, 0.717) is 24.7 Å². The maximum absolute atomic E-state index is 9.73. The lowest BCUT2D eigenvalue weighted by Gasteiger charge is -2.18. The first-order valence-electron chi connectivity index (χ1n) is 5.38. The zero-order chi connectivity index (χ0) is 11.7. The van der Waals surface area contributed by atoms with Crippen molar-refractivity contribution in [3.8, 4) is 28.5 Å². The van der Waals surface area contributed by atoms with E-state index in [1.54, 1.807) is 18.3 Å². The minimum Gasteiger partial charge on any atom is -0.506 e. The average Bonchev–Trinajstić information content (AvgIpc) is 2.39. The normalized spacial score (nSPS) is 13.4. The summed E-state index contributed by atoms with van der Waals surface area (Å²) in [6.45, 7) is 1.12. The summed E-state index contributed by atoms with van der Waals surface area (Å²) in [6.07, 6.45) is 1.64. The SMILES string of the molecule is Oc1cccnc1-c1ccc2c(c1)OCCO2. The summed E-state index contributed by atoms with van der Waals surface area (Å²) in [7, 11) is 0. The van der Waals surface area contributed by atoms with Crippen molar-refractivity contribution in [2.45, 2.75) is 0 Å². The highest BCUT2D eigenvalue weighted by Crippen LogP contribution is 2.36. The molecule has 3 rings (SSSR count). The minimum atomic E-state index is 0.157. The highest BCUT2D eigenvalue weighted by Gasteiger charge is 2.14. The molecule has 0 radical (unpaired) electrons. The van der Waals surface area contributed by atoms with Gasteiger partial charge in [0.1, 0.15) is 24.7 Å². The third-order valence-corrected chi connectivity index (χ3v) is 2.60. The van der Waals surface area contributed by atoms with Crippen LogP contribution in [0.1, 0.15) is 0 Å². The second-order valence-corrected chi connectivity index (χ2v) is 3.73. The zero-order valence-electron chi connectivity index (χ0n) is 9.09. The van der Waals surface area contributed by atoms with E-state index in [0.717, 1.165) is 11.3 Å². The highest BCUT2D eigenvalue weighted by molar-refractivity contribution is 5.68. The second kappa shape index (κ2) is 3.97. The van der Waals surface area contributed by atoms with Crippen LogP contribution in [0.5, 0.6) is 17.2 Å². The third-order valence-electron chi connectivity index (χ3n) is 2.60. The van der Waals surface area contributed by atoms with E-state index in [9.17, 15) is 5.11 Å². The molecule has 4 nitrogen and oxygen atoms in total. The molecule has 1 N–H and O–H groups in total. The van der Waals surface area contributed by atoms with E-state index in [1.165, 1.54) is 0 Å². The van der Waals surface area contributed by atoms with Gasteiger partial charge in [0.25, 0.3) is 0 Å². The quantitative estimate of drug-likeness (QED) is 0.814. The van der Waals surface area contributed by atoms with Crippen LogP contribution in [-0.2, 0) is 0 Å². The summed E-state index contributed by atoms with van der Waals surface area (Å²) in [5.41, 5.74) is 1.36. The predicted molar refractivity (Wildman–Crippen MR) is 62.3 cm³/mol. The van der Waals surface area contributed by atoms with E-state index >= 15 is 0 Å². The molecule has 0 bridgehead atoms. The van der Waals surface area contributed by atoms with Gasteiger partial charge < -0.3 is 14.6 Å². The molecule has 2 aromatic rings. The molecule has 1 aliphatic rings. The summed E-state index contributed by atoms with van der Waals surface area (Å²) >= 11 is 0. The van der Waals surface area contributed by atoms with Crippen LogP contribution in [0.2, 0.25) is 0 Å². The first-order chi connectivity index (χ1) is 8.34. The molecule has 2 heterocycles. The Labute approximate surface area is 98.5 Å². The van der Waals surface area contributed by atoms with E-state index in [4.69, 9.17) is 9.47 Å². The van der Waals surface area contributed by atoms with Crippen LogP contribution in [0.4, 0.5) is 0 Å². The Morgan fingerprint density at radius 1 is 1.06 bits per heavy atom. The van der Waals surface area contributed by atoms with E-state index < -0.39 is 0 Å². The number of hydrogen-bond donors (Lipinski definition) is 1. The van der Waals surface area contributed by atoms with Gasteiger partial charge >= 0.3 is 0 Å². The Balaban J connectivity index is 2.07. The fraction of sp³-hybridized carbons (Fsp3) is 0.154. The number of aromatic hydroxyl groups is 1. The van der Waals surface area contributed by atoms with Crippen molar-refractivity contribution in [3.05, 3.63) is 36.5 Å². The molecule has 0 saturated heterocycles. The van der Waals surface area contributed by atoms with Gasteiger partial charge in [0.05, 0.1) is 0 Å². The zero-order valence-corrected chi connectivity index (χ0v) is 9.09. The Morgan fingerprint density at radius 2 is 1.88 bits per heavy atom. The molecule has 1 aromatic carbocycles. The van der Waals surface area contributed by atoms with Gasteiger partial charge in [0, 0.05) is 11.8 Å². The maximum Gasteiger partial charge on any atom is 0.162 e. The molecule has 1 aromatic heterocycles. The van der Waals surface area contributed by atoms with Gasteiger partial charge in [-0.3, -0.25) is 4.98 Å². The number of aromatic nitrogens is 1. The number of rotatable bonds is 1. The Kier molecular flexibility index (Phi) is 2.33.